The summed E-state index contributed by atoms with van der Waals surface area (Å²) < 4.78 is 5.57. The van der Waals surface area contributed by atoms with Crippen LogP contribution in [0.15, 0.2) is 59.5 Å². The van der Waals surface area contributed by atoms with Crippen molar-refractivity contribution in [3.05, 3.63) is 54.6 Å². The number of rotatable bonds is 7. The number of ether oxygens (including phenoxy) is 1. The lowest BCUT2D eigenvalue weighted by atomic mass is 10.3. The van der Waals surface area contributed by atoms with Crippen LogP contribution >= 0.6 is 24.0 Å². The van der Waals surface area contributed by atoms with Gasteiger partial charge in [-0.05, 0) is 43.4 Å². The van der Waals surface area contributed by atoms with Crippen molar-refractivity contribution in [1.29, 1.82) is 0 Å². The minimum Gasteiger partial charge on any atom is -0.492 e. The molecule has 0 radical (unpaired) electrons. The molecule has 0 bridgehead atoms. The van der Waals surface area contributed by atoms with E-state index < -0.39 is 0 Å². The maximum Gasteiger partial charge on any atom is 0.170 e. The number of anilines is 1. The van der Waals surface area contributed by atoms with Gasteiger partial charge in [-0.1, -0.05) is 30.3 Å². The molecule has 0 saturated carbocycles. The molecule has 2 aromatic carbocycles. The Morgan fingerprint density at radius 2 is 1.82 bits per heavy atom. The average molecular weight is 332 g/mol. The Morgan fingerprint density at radius 3 is 2.59 bits per heavy atom. The topological polar surface area (TPSA) is 33.3 Å². The highest BCUT2D eigenvalue weighted by Crippen LogP contribution is 2.23. The van der Waals surface area contributed by atoms with Crippen LogP contribution in [0.25, 0.3) is 0 Å². The van der Waals surface area contributed by atoms with Gasteiger partial charge in [0.05, 0.1) is 12.3 Å². The first kappa shape index (κ1) is 16.6. The molecule has 2 N–H and O–H groups in total. The molecule has 0 heterocycles. The second-order valence-electron chi connectivity index (χ2n) is 4.47. The highest BCUT2D eigenvalue weighted by atomic mass is 32.2. The third-order valence-electron chi connectivity index (χ3n) is 2.83. The number of para-hydroxylation sites is 2. The summed E-state index contributed by atoms with van der Waals surface area (Å²) in [7, 11) is 0. The van der Waals surface area contributed by atoms with E-state index in [1.807, 2.05) is 49.4 Å². The van der Waals surface area contributed by atoms with Crippen molar-refractivity contribution < 1.29 is 4.74 Å². The number of hydrogen-bond donors (Lipinski definition) is 2. The normalized spacial score (nSPS) is 10.0. The van der Waals surface area contributed by atoms with E-state index in [9.17, 15) is 0 Å². The maximum absolute atomic E-state index is 5.57. The Hall–Kier alpha value is -1.72. The van der Waals surface area contributed by atoms with E-state index in [0.717, 1.165) is 23.7 Å². The molecule has 0 fully saturated rings. The molecule has 2 aromatic rings. The van der Waals surface area contributed by atoms with Crippen LogP contribution in [0, 0.1) is 0 Å². The van der Waals surface area contributed by atoms with E-state index in [2.05, 4.69) is 22.8 Å². The second kappa shape index (κ2) is 9.33. The third-order valence-corrected chi connectivity index (χ3v) is 4.09. The molecular weight excluding hydrogens is 312 g/mol. The van der Waals surface area contributed by atoms with Crippen LogP contribution in [-0.2, 0) is 0 Å². The summed E-state index contributed by atoms with van der Waals surface area (Å²) in [6.07, 6.45) is 0. The Kier molecular flexibility index (Phi) is 7.06. The molecule has 5 heteroatoms. The molecule has 0 aliphatic carbocycles. The number of nitrogens with one attached hydrogen (secondary N) is 2. The Morgan fingerprint density at radius 1 is 1.09 bits per heavy atom. The van der Waals surface area contributed by atoms with E-state index in [1.165, 1.54) is 4.90 Å². The molecule has 0 unspecified atom stereocenters. The largest absolute Gasteiger partial charge is 0.492 e. The summed E-state index contributed by atoms with van der Waals surface area (Å²) in [5, 5.41) is 7.01. The van der Waals surface area contributed by atoms with Gasteiger partial charge < -0.3 is 15.4 Å². The first-order valence-electron chi connectivity index (χ1n) is 7.24. The first-order chi connectivity index (χ1) is 10.8. The Labute approximate surface area is 141 Å². The van der Waals surface area contributed by atoms with Crippen molar-refractivity contribution >= 4 is 34.8 Å². The van der Waals surface area contributed by atoms with Crippen molar-refractivity contribution in [3.63, 3.8) is 0 Å². The summed E-state index contributed by atoms with van der Waals surface area (Å²) in [5.74, 6) is 1.77. The molecule has 0 aliphatic heterocycles. The quantitative estimate of drug-likeness (QED) is 0.452. The van der Waals surface area contributed by atoms with Crippen molar-refractivity contribution in [3.8, 4) is 5.75 Å². The molecule has 0 aromatic heterocycles. The van der Waals surface area contributed by atoms with Gasteiger partial charge >= 0.3 is 0 Å². The zero-order valence-electron chi connectivity index (χ0n) is 12.5. The van der Waals surface area contributed by atoms with Crippen LogP contribution in [0.3, 0.4) is 0 Å². The molecule has 116 valence electrons. The van der Waals surface area contributed by atoms with Gasteiger partial charge in [-0.2, -0.15) is 0 Å². The van der Waals surface area contributed by atoms with Gasteiger partial charge in [0, 0.05) is 17.2 Å². The molecule has 0 amide bonds. The average Bonchev–Trinajstić information content (AvgIpc) is 2.55. The molecule has 2 rings (SSSR count). The van der Waals surface area contributed by atoms with Crippen LogP contribution in [-0.4, -0.2) is 24.0 Å². The number of thioether (sulfide) groups is 1. The van der Waals surface area contributed by atoms with Crippen molar-refractivity contribution in [2.45, 2.75) is 11.8 Å². The standard InChI is InChI=1S/C17H20N2OS2/c1-2-20-16-11-7-6-10-15(16)19-17(21)18-12-13-22-14-8-4-3-5-9-14/h3-11H,2,12-13H2,1H3,(H2,18,19,21). The number of benzene rings is 2. The van der Waals surface area contributed by atoms with E-state index in [1.54, 1.807) is 11.8 Å². The predicted octanol–water partition coefficient (Wildman–Crippen LogP) is 4.16. The van der Waals surface area contributed by atoms with E-state index in [4.69, 9.17) is 17.0 Å². The third kappa shape index (κ3) is 5.58. The molecular formula is C17H20N2OS2. The monoisotopic (exact) mass is 332 g/mol. The molecule has 22 heavy (non-hydrogen) atoms. The van der Waals surface area contributed by atoms with Gasteiger partial charge in [0.25, 0.3) is 0 Å². The molecule has 0 atom stereocenters. The molecule has 0 spiro atoms. The predicted molar refractivity (Wildman–Crippen MR) is 99.0 cm³/mol. The van der Waals surface area contributed by atoms with Crippen LogP contribution in [0.4, 0.5) is 5.69 Å². The lowest BCUT2D eigenvalue weighted by Gasteiger charge is -2.14. The zero-order chi connectivity index (χ0) is 15.6. The van der Waals surface area contributed by atoms with Crippen LogP contribution < -0.4 is 15.4 Å². The lowest BCUT2D eigenvalue weighted by molar-refractivity contribution is 0.342. The Balaban J connectivity index is 1.74. The Bertz CT molecular complexity index is 590. The van der Waals surface area contributed by atoms with Gasteiger partial charge in [0.15, 0.2) is 5.11 Å². The summed E-state index contributed by atoms with van der Waals surface area (Å²) >= 11 is 7.13. The molecule has 0 aliphatic rings. The zero-order valence-corrected chi connectivity index (χ0v) is 14.2. The van der Waals surface area contributed by atoms with Crippen molar-refractivity contribution in [2.75, 3.05) is 24.2 Å². The first-order valence-corrected chi connectivity index (χ1v) is 8.63. The van der Waals surface area contributed by atoms with Gasteiger partial charge in [-0.25, -0.2) is 0 Å². The number of hydrogen-bond acceptors (Lipinski definition) is 3. The summed E-state index contributed by atoms with van der Waals surface area (Å²) in [6, 6.07) is 18.1. The highest BCUT2D eigenvalue weighted by Gasteiger charge is 2.04. The smallest absolute Gasteiger partial charge is 0.170 e. The van der Waals surface area contributed by atoms with E-state index >= 15 is 0 Å². The summed E-state index contributed by atoms with van der Waals surface area (Å²) in [5.41, 5.74) is 0.887. The molecule has 3 nitrogen and oxygen atoms in total. The minimum absolute atomic E-state index is 0.612. The minimum atomic E-state index is 0.612. The maximum atomic E-state index is 5.57. The van der Waals surface area contributed by atoms with Crippen LogP contribution in [0.5, 0.6) is 5.75 Å². The SMILES string of the molecule is CCOc1ccccc1NC(=S)NCCSc1ccccc1. The summed E-state index contributed by atoms with van der Waals surface area (Å²) in [6.45, 7) is 3.41. The number of thiocarbonyl (C=S) groups is 1. The fraction of sp³-hybridized carbons (Fsp3) is 0.235. The van der Waals surface area contributed by atoms with Gasteiger partial charge in [0.2, 0.25) is 0 Å². The van der Waals surface area contributed by atoms with E-state index in [0.29, 0.717) is 11.7 Å². The fourth-order valence-electron chi connectivity index (χ4n) is 1.87. The summed E-state index contributed by atoms with van der Waals surface area (Å²) in [4.78, 5) is 1.27. The van der Waals surface area contributed by atoms with Crippen LogP contribution in [0.2, 0.25) is 0 Å². The van der Waals surface area contributed by atoms with Crippen LogP contribution in [0.1, 0.15) is 6.92 Å². The molecule has 0 saturated heterocycles. The van der Waals surface area contributed by atoms with Gasteiger partial charge in [0.1, 0.15) is 5.75 Å². The van der Waals surface area contributed by atoms with Crippen molar-refractivity contribution in [2.24, 2.45) is 0 Å². The fourth-order valence-corrected chi connectivity index (χ4v) is 2.87. The highest BCUT2D eigenvalue weighted by molar-refractivity contribution is 7.99. The van der Waals surface area contributed by atoms with Gasteiger partial charge in [-0.15, -0.1) is 11.8 Å². The van der Waals surface area contributed by atoms with Gasteiger partial charge in [-0.3, -0.25) is 0 Å². The lowest BCUT2D eigenvalue weighted by Crippen LogP contribution is -2.30. The van der Waals surface area contributed by atoms with E-state index in [-0.39, 0.29) is 0 Å². The second-order valence-corrected chi connectivity index (χ2v) is 6.05. The van der Waals surface area contributed by atoms with Crippen molar-refractivity contribution in [1.82, 2.24) is 5.32 Å².